The second-order valence-electron chi connectivity index (χ2n) is 6.06. The number of rotatable bonds is 4. The fourth-order valence-electron chi connectivity index (χ4n) is 3.18. The minimum atomic E-state index is -0.315. The van der Waals surface area contributed by atoms with Gasteiger partial charge in [-0.05, 0) is 36.4 Å². The van der Waals surface area contributed by atoms with E-state index in [9.17, 15) is 4.79 Å². The summed E-state index contributed by atoms with van der Waals surface area (Å²) in [7, 11) is 1.65. The van der Waals surface area contributed by atoms with E-state index < -0.39 is 0 Å². The Labute approximate surface area is 145 Å². The van der Waals surface area contributed by atoms with E-state index in [1.165, 1.54) is 0 Å². The fourth-order valence-corrected chi connectivity index (χ4v) is 3.18. The van der Waals surface area contributed by atoms with Crippen LogP contribution in [0.1, 0.15) is 16.9 Å². The summed E-state index contributed by atoms with van der Waals surface area (Å²) in [6.45, 7) is 1.55. The maximum Gasteiger partial charge on any atom is 0.355 e. The summed E-state index contributed by atoms with van der Waals surface area (Å²) >= 11 is 0. The molecule has 1 aliphatic rings. The first-order valence-electron chi connectivity index (χ1n) is 8.25. The topological polar surface area (TPSA) is 56.1 Å². The van der Waals surface area contributed by atoms with Gasteiger partial charge in [-0.3, -0.25) is 4.40 Å². The van der Waals surface area contributed by atoms with Gasteiger partial charge in [-0.15, -0.1) is 0 Å². The molecule has 6 heteroatoms. The SMILES string of the molecule is COc1ccc(N2CCC(OC(=O)c3cccc4cncn34)C2)cc1. The number of aromatic nitrogens is 2. The van der Waals surface area contributed by atoms with Crippen LogP contribution in [0.15, 0.2) is 55.0 Å². The number of pyridine rings is 1. The molecular weight excluding hydrogens is 318 g/mol. The van der Waals surface area contributed by atoms with E-state index in [-0.39, 0.29) is 12.1 Å². The number of carbonyl (C=O) groups is 1. The Kier molecular flexibility index (Phi) is 4.01. The first-order valence-corrected chi connectivity index (χ1v) is 8.25. The average molecular weight is 337 g/mol. The van der Waals surface area contributed by atoms with Gasteiger partial charge in [-0.2, -0.15) is 0 Å². The average Bonchev–Trinajstić information content (AvgIpc) is 3.30. The number of hydrogen-bond acceptors (Lipinski definition) is 5. The normalized spacial score (nSPS) is 17.0. The molecule has 0 saturated carbocycles. The van der Waals surface area contributed by atoms with E-state index in [0.717, 1.165) is 29.9 Å². The summed E-state index contributed by atoms with van der Waals surface area (Å²) in [5.41, 5.74) is 2.48. The Hall–Kier alpha value is -3.02. The van der Waals surface area contributed by atoms with E-state index in [4.69, 9.17) is 9.47 Å². The Morgan fingerprint density at radius 1 is 1.20 bits per heavy atom. The number of hydrogen-bond donors (Lipinski definition) is 0. The smallest absolute Gasteiger partial charge is 0.355 e. The van der Waals surface area contributed by atoms with Crippen LogP contribution in [-0.4, -0.2) is 41.7 Å². The third-order valence-corrected chi connectivity index (χ3v) is 4.51. The van der Waals surface area contributed by atoms with Gasteiger partial charge in [0.05, 0.1) is 31.7 Å². The van der Waals surface area contributed by atoms with Gasteiger partial charge in [0.1, 0.15) is 17.5 Å². The number of anilines is 1. The molecule has 1 aromatic carbocycles. The molecule has 25 heavy (non-hydrogen) atoms. The molecule has 1 unspecified atom stereocenters. The lowest BCUT2D eigenvalue weighted by Crippen LogP contribution is -2.25. The molecule has 1 atom stereocenters. The van der Waals surface area contributed by atoms with Crippen molar-refractivity contribution in [1.29, 1.82) is 0 Å². The van der Waals surface area contributed by atoms with Crippen molar-refractivity contribution >= 4 is 17.2 Å². The molecule has 0 spiro atoms. The van der Waals surface area contributed by atoms with Gasteiger partial charge >= 0.3 is 5.97 Å². The van der Waals surface area contributed by atoms with Crippen LogP contribution in [0.2, 0.25) is 0 Å². The number of esters is 1. The minimum absolute atomic E-state index is 0.117. The van der Waals surface area contributed by atoms with Crippen LogP contribution in [-0.2, 0) is 4.74 Å². The molecule has 128 valence electrons. The molecule has 1 aliphatic heterocycles. The molecule has 4 rings (SSSR count). The number of benzene rings is 1. The summed E-state index contributed by atoms with van der Waals surface area (Å²) in [4.78, 5) is 18.8. The molecule has 2 aromatic heterocycles. The van der Waals surface area contributed by atoms with Crippen LogP contribution in [0.25, 0.3) is 5.52 Å². The third-order valence-electron chi connectivity index (χ3n) is 4.51. The van der Waals surface area contributed by atoms with Crippen molar-refractivity contribution in [3.8, 4) is 5.75 Å². The summed E-state index contributed by atoms with van der Waals surface area (Å²) < 4.78 is 12.7. The Bertz CT molecular complexity index is 888. The van der Waals surface area contributed by atoms with Crippen LogP contribution >= 0.6 is 0 Å². The van der Waals surface area contributed by atoms with Gasteiger partial charge in [0.15, 0.2) is 0 Å². The van der Waals surface area contributed by atoms with Gasteiger partial charge in [-0.1, -0.05) is 6.07 Å². The van der Waals surface area contributed by atoms with Gasteiger partial charge in [-0.25, -0.2) is 9.78 Å². The molecule has 0 radical (unpaired) electrons. The maximum absolute atomic E-state index is 12.5. The molecule has 1 saturated heterocycles. The van der Waals surface area contributed by atoms with Gasteiger partial charge in [0, 0.05) is 18.7 Å². The second kappa shape index (κ2) is 6.47. The van der Waals surface area contributed by atoms with E-state index in [0.29, 0.717) is 12.2 Å². The molecule has 6 nitrogen and oxygen atoms in total. The minimum Gasteiger partial charge on any atom is -0.497 e. The molecule has 0 amide bonds. The zero-order valence-corrected chi connectivity index (χ0v) is 14.0. The summed E-state index contributed by atoms with van der Waals surface area (Å²) in [5, 5.41) is 0. The Morgan fingerprint density at radius 3 is 2.84 bits per heavy atom. The molecule has 0 N–H and O–H groups in total. The van der Waals surface area contributed by atoms with E-state index >= 15 is 0 Å². The maximum atomic E-state index is 12.5. The first-order chi connectivity index (χ1) is 12.2. The molecule has 1 fully saturated rings. The van der Waals surface area contributed by atoms with Crippen molar-refractivity contribution in [2.24, 2.45) is 0 Å². The van der Waals surface area contributed by atoms with Crippen molar-refractivity contribution in [3.05, 3.63) is 60.7 Å². The Balaban J connectivity index is 1.43. The van der Waals surface area contributed by atoms with Gasteiger partial charge in [0.25, 0.3) is 0 Å². The molecular formula is C19H19N3O3. The first kappa shape index (κ1) is 15.5. The summed E-state index contributed by atoms with van der Waals surface area (Å²) in [5.74, 6) is 0.518. The number of fused-ring (bicyclic) bond motifs is 1. The lowest BCUT2D eigenvalue weighted by molar-refractivity contribution is 0.0339. The van der Waals surface area contributed by atoms with Crippen molar-refractivity contribution in [3.63, 3.8) is 0 Å². The summed E-state index contributed by atoms with van der Waals surface area (Å²) in [6.07, 6.45) is 4.05. The van der Waals surface area contributed by atoms with Gasteiger partial charge < -0.3 is 14.4 Å². The largest absolute Gasteiger partial charge is 0.497 e. The van der Waals surface area contributed by atoms with Crippen molar-refractivity contribution < 1.29 is 14.3 Å². The van der Waals surface area contributed by atoms with Crippen LogP contribution in [0.4, 0.5) is 5.69 Å². The monoisotopic (exact) mass is 337 g/mol. The number of carbonyl (C=O) groups excluding carboxylic acids is 1. The van der Waals surface area contributed by atoms with Crippen LogP contribution < -0.4 is 9.64 Å². The van der Waals surface area contributed by atoms with Crippen LogP contribution in [0, 0.1) is 0 Å². The second-order valence-corrected chi connectivity index (χ2v) is 6.06. The highest BCUT2D eigenvalue weighted by molar-refractivity contribution is 5.88. The zero-order chi connectivity index (χ0) is 17.2. The predicted octanol–water partition coefficient (Wildman–Crippen LogP) is 2.78. The number of ether oxygens (including phenoxy) is 2. The van der Waals surface area contributed by atoms with E-state index in [2.05, 4.69) is 9.88 Å². The highest BCUT2D eigenvalue weighted by Crippen LogP contribution is 2.24. The fraction of sp³-hybridized carbons (Fsp3) is 0.263. The number of nitrogens with zero attached hydrogens (tertiary/aromatic N) is 3. The van der Waals surface area contributed by atoms with E-state index in [1.54, 1.807) is 30.1 Å². The Morgan fingerprint density at radius 2 is 2.04 bits per heavy atom. The zero-order valence-electron chi connectivity index (χ0n) is 14.0. The highest BCUT2D eigenvalue weighted by atomic mass is 16.5. The van der Waals surface area contributed by atoms with E-state index in [1.807, 2.05) is 36.4 Å². The number of methoxy groups -OCH3 is 1. The van der Waals surface area contributed by atoms with Crippen molar-refractivity contribution in [1.82, 2.24) is 9.38 Å². The highest BCUT2D eigenvalue weighted by Gasteiger charge is 2.27. The molecule has 0 aliphatic carbocycles. The lowest BCUT2D eigenvalue weighted by Gasteiger charge is -2.19. The van der Waals surface area contributed by atoms with Crippen LogP contribution in [0.3, 0.4) is 0 Å². The standard InChI is InChI=1S/C19H19N3O3/c1-24-16-7-5-14(6-8-16)21-10-9-17(12-21)25-19(23)18-4-2-3-15-11-20-13-22(15)18/h2-8,11,13,17H,9-10,12H2,1H3. The third kappa shape index (κ3) is 3.03. The van der Waals surface area contributed by atoms with Crippen molar-refractivity contribution in [2.75, 3.05) is 25.1 Å². The molecule has 0 bridgehead atoms. The molecule has 3 aromatic rings. The molecule has 3 heterocycles. The summed E-state index contributed by atoms with van der Waals surface area (Å²) in [6, 6.07) is 13.4. The van der Waals surface area contributed by atoms with Gasteiger partial charge in [0.2, 0.25) is 0 Å². The number of imidazole rings is 1. The predicted molar refractivity (Wildman–Crippen MR) is 94.2 cm³/mol. The van der Waals surface area contributed by atoms with Crippen LogP contribution in [0.5, 0.6) is 5.75 Å². The van der Waals surface area contributed by atoms with Crippen molar-refractivity contribution in [2.45, 2.75) is 12.5 Å². The quantitative estimate of drug-likeness (QED) is 0.685. The lowest BCUT2D eigenvalue weighted by atomic mass is 10.3.